The van der Waals surface area contributed by atoms with Crippen LogP contribution in [-0.4, -0.2) is 24.4 Å². The summed E-state index contributed by atoms with van der Waals surface area (Å²) in [5.41, 5.74) is 5.89. The van der Waals surface area contributed by atoms with Gasteiger partial charge in [-0.05, 0) is 67.8 Å². The van der Waals surface area contributed by atoms with Crippen molar-refractivity contribution >= 4 is 11.9 Å². The molecule has 0 saturated carbocycles. The molecule has 6 heteroatoms. The van der Waals surface area contributed by atoms with Crippen LogP contribution in [0.2, 0.25) is 0 Å². The number of allylic oxidation sites excluding steroid dienone is 2. The predicted molar refractivity (Wildman–Crippen MR) is 140 cm³/mol. The summed E-state index contributed by atoms with van der Waals surface area (Å²) < 4.78 is 11.2. The fourth-order valence-corrected chi connectivity index (χ4v) is 3.15. The van der Waals surface area contributed by atoms with Crippen molar-refractivity contribution in [2.75, 3.05) is 18.2 Å². The Morgan fingerprint density at radius 3 is 2.32 bits per heavy atom. The Labute approximate surface area is 202 Å². The second-order valence-corrected chi connectivity index (χ2v) is 7.81. The Balaban J connectivity index is 1.56. The van der Waals surface area contributed by atoms with Crippen molar-refractivity contribution in [3.05, 3.63) is 96.3 Å². The normalized spacial score (nSPS) is 11.5. The van der Waals surface area contributed by atoms with Crippen molar-refractivity contribution in [1.82, 2.24) is 4.98 Å². The van der Waals surface area contributed by atoms with Gasteiger partial charge in [-0.2, -0.15) is 0 Å². The van der Waals surface area contributed by atoms with Crippen molar-refractivity contribution < 1.29 is 9.47 Å². The number of hydrogen-bond donors (Lipinski definition) is 1. The zero-order valence-corrected chi connectivity index (χ0v) is 20.1. The van der Waals surface area contributed by atoms with Gasteiger partial charge in [0.25, 0.3) is 0 Å². The summed E-state index contributed by atoms with van der Waals surface area (Å²) in [4.78, 5) is 8.69. The van der Waals surface area contributed by atoms with Gasteiger partial charge in [0, 0.05) is 24.0 Å². The topological polar surface area (TPSA) is 73.0 Å². The van der Waals surface area contributed by atoms with Gasteiger partial charge in [-0.25, -0.2) is 10.8 Å². The molecular formula is C28H32N4O2. The second kappa shape index (κ2) is 12.4. The molecule has 3 rings (SSSR count). The first-order valence-electron chi connectivity index (χ1n) is 11.3. The molecule has 0 bridgehead atoms. The minimum atomic E-state index is 0.391. The molecule has 176 valence electrons. The lowest BCUT2D eigenvalue weighted by atomic mass is 10.1. The maximum atomic E-state index is 6.32. The molecule has 0 amide bonds. The molecular weight excluding hydrogens is 424 g/mol. The zero-order chi connectivity index (χ0) is 24.3. The molecule has 2 aromatic carbocycles. The SMILES string of the molecule is C=C(C)C=NC(=CC)COc1ccc(N(N)Cc2ccc(-c3ccc(OCC)nc3)cc2)cc1. The van der Waals surface area contributed by atoms with E-state index in [1.165, 1.54) is 0 Å². The number of anilines is 1. The van der Waals surface area contributed by atoms with Crippen LogP contribution in [0, 0.1) is 0 Å². The van der Waals surface area contributed by atoms with Gasteiger partial charge in [0.2, 0.25) is 5.88 Å². The first-order chi connectivity index (χ1) is 16.5. The Hall–Kier alpha value is -3.90. The van der Waals surface area contributed by atoms with Gasteiger partial charge in [-0.3, -0.25) is 4.99 Å². The summed E-state index contributed by atoms with van der Waals surface area (Å²) in [6, 6.07) is 19.9. The Morgan fingerprint density at radius 1 is 1.03 bits per heavy atom. The first kappa shape index (κ1) is 24.7. The van der Waals surface area contributed by atoms with Crippen LogP contribution in [0.15, 0.2) is 95.8 Å². The highest BCUT2D eigenvalue weighted by molar-refractivity contribution is 5.77. The summed E-state index contributed by atoms with van der Waals surface area (Å²) in [5.74, 6) is 7.71. The van der Waals surface area contributed by atoms with Crippen LogP contribution in [-0.2, 0) is 6.54 Å². The van der Waals surface area contributed by atoms with E-state index in [2.05, 4.69) is 40.8 Å². The molecule has 0 radical (unpaired) electrons. The minimum absolute atomic E-state index is 0.391. The number of aromatic nitrogens is 1. The molecule has 2 N–H and O–H groups in total. The van der Waals surface area contributed by atoms with E-state index >= 15 is 0 Å². The van der Waals surface area contributed by atoms with E-state index in [9.17, 15) is 0 Å². The van der Waals surface area contributed by atoms with Crippen LogP contribution in [0.3, 0.4) is 0 Å². The first-order valence-corrected chi connectivity index (χ1v) is 11.3. The summed E-state index contributed by atoms with van der Waals surface area (Å²) in [5, 5.41) is 1.71. The second-order valence-electron chi connectivity index (χ2n) is 7.81. The Bertz CT molecular complexity index is 1120. The monoisotopic (exact) mass is 456 g/mol. The van der Waals surface area contributed by atoms with E-state index in [1.807, 2.05) is 69.4 Å². The number of nitrogens with zero attached hydrogens (tertiary/aromatic N) is 3. The van der Waals surface area contributed by atoms with E-state index in [0.717, 1.165) is 39.4 Å². The van der Waals surface area contributed by atoms with E-state index in [-0.39, 0.29) is 0 Å². The van der Waals surface area contributed by atoms with Crippen LogP contribution in [0.1, 0.15) is 26.3 Å². The lowest BCUT2D eigenvalue weighted by Crippen LogP contribution is -2.29. The van der Waals surface area contributed by atoms with Gasteiger partial charge >= 0.3 is 0 Å². The van der Waals surface area contributed by atoms with E-state index in [0.29, 0.717) is 25.6 Å². The van der Waals surface area contributed by atoms with Crippen LogP contribution in [0.25, 0.3) is 11.1 Å². The van der Waals surface area contributed by atoms with Crippen LogP contribution in [0.5, 0.6) is 11.6 Å². The maximum Gasteiger partial charge on any atom is 0.213 e. The zero-order valence-electron chi connectivity index (χ0n) is 20.1. The van der Waals surface area contributed by atoms with Gasteiger partial charge in [0.15, 0.2) is 0 Å². The van der Waals surface area contributed by atoms with E-state index < -0.39 is 0 Å². The fourth-order valence-electron chi connectivity index (χ4n) is 3.15. The number of ether oxygens (including phenoxy) is 2. The maximum absolute atomic E-state index is 6.32. The standard InChI is InChI=1S/C28H32N4O2/c1-5-25(30-17-21(3)4)20-34-27-14-12-26(13-15-27)32(29)19-22-7-9-23(10-8-22)24-11-16-28(31-18-24)33-6-2/h5,7-18H,3,6,19-20,29H2,1-2,4H3. The van der Waals surface area contributed by atoms with Crippen molar-refractivity contribution in [1.29, 1.82) is 0 Å². The highest BCUT2D eigenvalue weighted by Gasteiger charge is 2.06. The smallest absolute Gasteiger partial charge is 0.213 e. The van der Waals surface area contributed by atoms with Crippen molar-refractivity contribution in [3.63, 3.8) is 0 Å². The van der Waals surface area contributed by atoms with Gasteiger partial charge in [0.05, 0.1) is 24.5 Å². The predicted octanol–water partition coefficient (Wildman–Crippen LogP) is 5.96. The van der Waals surface area contributed by atoms with Gasteiger partial charge in [-0.1, -0.05) is 36.9 Å². The summed E-state index contributed by atoms with van der Waals surface area (Å²) in [6.45, 7) is 11.2. The molecule has 0 spiro atoms. The highest BCUT2D eigenvalue weighted by Crippen LogP contribution is 2.23. The molecule has 6 nitrogen and oxygen atoms in total. The molecule has 3 aromatic rings. The molecule has 0 atom stereocenters. The lowest BCUT2D eigenvalue weighted by molar-refractivity contribution is 0.327. The third kappa shape index (κ3) is 7.32. The van der Waals surface area contributed by atoms with Crippen molar-refractivity contribution in [2.45, 2.75) is 27.3 Å². The molecule has 0 aliphatic carbocycles. The quantitative estimate of drug-likeness (QED) is 0.219. The summed E-state index contributed by atoms with van der Waals surface area (Å²) in [7, 11) is 0. The van der Waals surface area contributed by atoms with Gasteiger partial charge in [-0.15, -0.1) is 0 Å². The van der Waals surface area contributed by atoms with Gasteiger partial charge in [0.1, 0.15) is 12.4 Å². The number of aliphatic imine (C=N–C) groups is 1. The third-order valence-electron chi connectivity index (χ3n) is 5.01. The molecule has 0 saturated heterocycles. The van der Waals surface area contributed by atoms with Crippen molar-refractivity contribution in [2.24, 2.45) is 10.8 Å². The highest BCUT2D eigenvalue weighted by atomic mass is 16.5. The molecule has 0 unspecified atom stereocenters. The van der Waals surface area contributed by atoms with E-state index in [1.54, 1.807) is 11.2 Å². The minimum Gasteiger partial charge on any atom is -0.487 e. The fraction of sp³-hybridized carbons (Fsp3) is 0.214. The molecule has 0 aliphatic rings. The van der Waals surface area contributed by atoms with Crippen molar-refractivity contribution in [3.8, 4) is 22.8 Å². The van der Waals surface area contributed by atoms with Crippen LogP contribution in [0.4, 0.5) is 5.69 Å². The molecule has 0 aliphatic heterocycles. The molecule has 1 aromatic heterocycles. The number of pyridine rings is 1. The Morgan fingerprint density at radius 2 is 1.74 bits per heavy atom. The average molecular weight is 457 g/mol. The number of hydrazine groups is 1. The lowest BCUT2D eigenvalue weighted by Gasteiger charge is -2.19. The van der Waals surface area contributed by atoms with Crippen LogP contribution < -0.4 is 20.3 Å². The molecule has 1 heterocycles. The Kier molecular flexibility index (Phi) is 9.00. The summed E-state index contributed by atoms with van der Waals surface area (Å²) >= 11 is 0. The number of benzene rings is 2. The number of hydrogen-bond acceptors (Lipinski definition) is 6. The third-order valence-corrected chi connectivity index (χ3v) is 5.01. The average Bonchev–Trinajstić information content (AvgIpc) is 2.85. The largest absolute Gasteiger partial charge is 0.487 e. The molecule has 34 heavy (non-hydrogen) atoms. The number of nitrogens with two attached hydrogens (primary N) is 1. The summed E-state index contributed by atoms with van der Waals surface area (Å²) in [6.07, 6.45) is 5.48. The van der Waals surface area contributed by atoms with Gasteiger partial charge < -0.3 is 14.5 Å². The van der Waals surface area contributed by atoms with E-state index in [4.69, 9.17) is 15.3 Å². The van der Waals surface area contributed by atoms with Crippen LogP contribution >= 0.6 is 0 Å². The number of rotatable bonds is 11. The molecule has 0 fully saturated rings.